The van der Waals surface area contributed by atoms with Gasteiger partial charge in [0.1, 0.15) is 12.6 Å². The van der Waals surface area contributed by atoms with Crippen LogP contribution in [0.1, 0.15) is 24.1 Å². The molecule has 12 heavy (non-hydrogen) atoms. The molecule has 1 rings (SSSR count). The molecule has 3 heteroatoms. The van der Waals surface area contributed by atoms with Gasteiger partial charge in [-0.15, -0.1) is 0 Å². The monoisotopic (exact) mass is 164 g/mol. The van der Waals surface area contributed by atoms with E-state index in [0.717, 1.165) is 30.4 Å². The number of hydrogen-bond acceptors (Lipinski definition) is 3. The second-order valence-electron chi connectivity index (χ2n) is 2.69. The van der Waals surface area contributed by atoms with Crippen LogP contribution in [0.25, 0.3) is 0 Å². The zero-order valence-electron chi connectivity index (χ0n) is 7.16. The largest absolute Gasteiger partial charge is 0.303 e. The molecule has 0 radical (unpaired) electrons. The van der Waals surface area contributed by atoms with Crippen LogP contribution in [-0.2, 0) is 11.2 Å². The first-order valence-electron chi connectivity index (χ1n) is 4.03. The quantitative estimate of drug-likeness (QED) is 0.497. The Morgan fingerprint density at radius 3 is 3.08 bits per heavy atom. The summed E-state index contributed by atoms with van der Waals surface area (Å²) in [6.07, 6.45) is 6.70. The molecule has 0 aliphatic rings. The van der Waals surface area contributed by atoms with Crippen LogP contribution in [0.15, 0.2) is 12.5 Å². The number of carbonyl (C=O) groups is 1. The van der Waals surface area contributed by atoms with Crippen LogP contribution in [0.2, 0.25) is 0 Å². The lowest BCUT2D eigenvalue weighted by atomic mass is 10.1. The number of hydrogen-bond donors (Lipinski definition) is 0. The fourth-order valence-corrected chi connectivity index (χ4v) is 1.04. The van der Waals surface area contributed by atoms with Gasteiger partial charge in [-0.3, -0.25) is 0 Å². The van der Waals surface area contributed by atoms with Crippen LogP contribution in [0, 0.1) is 6.92 Å². The van der Waals surface area contributed by atoms with Gasteiger partial charge >= 0.3 is 0 Å². The van der Waals surface area contributed by atoms with Crippen LogP contribution < -0.4 is 0 Å². The highest BCUT2D eigenvalue weighted by Crippen LogP contribution is 2.05. The Labute approximate surface area is 71.9 Å². The molecular formula is C9H12N2O. The van der Waals surface area contributed by atoms with Crippen LogP contribution in [0.3, 0.4) is 0 Å². The zero-order valence-corrected chi connectivity index (χ0v) is 7.16. The molecule has 0 unspecified atom stereocenters. The van der Waals surface area contributed by atoms with Crippen molar-refractivity contribution in [2.75, 3.05) is 0 Å². The normalized spacial score (nSPS) is 9.75. The second-order valence-corrected chi connectivity index (χ2v) is 2.69. The molecule has 0 fully saturated rings. The van der Waals surface area contributed by atoms with Crippen molar-refractivity contribution < 1.29 is 4.79 Å². The zero-order chi connectivity index (χ0) is 8.81. The van der Waals surface area contributed by atoms with Gasteiger partial charge < -0.3 is 4.79 Å². The Hall–Kier alpha value is -1.25. The summed E-state index contributed by atoms with van der Waals surface area (Å²) in [4.78, 5) is 18.0. The van der Waals surface area contributed by atoms with Crippen molar-refractivity contribution in [1.29, 1.82) is 0 Å². The van der Waals surface area contributed by atoms with Crippen molar-refractivity contribution in [3.8, 4) is 0 Å². The maximum atomic E-state index is 10.0. The molecule has 1 aromatic heterocycles. The van der Waals surface area contributed by atoms with Gasteiger partial charge in [0, 0.05) is 18.3 Å². The minimum atomic E-state index is 0.619. The third-order valence-corrected chi connectivity index (χ3v) is 1.78. The van der Waals surface area contributed by atoms with E-state index in [-0.39, 0.29) is 0 Å². The second kappa shape index (κ2) is 4.59. The number of nitrogens with zero attached hydrogens (tertiary/aromatic N) is 2. The van der Waals surface area contributed by atoms with Crippen LogP contribution >= 0.6 is 0 Å². The van der Waals surface area contributed by atoms with E-state index in [2.05, 4.69) is 9.97 Å². The molecule has 0 aliphatic carbocycles. The van der Waals surface area contributed by atoms with Crippen molar-refractivity contribution >= 4 is 6.29 Å². The van der Waals surface area contributed by atoms with Gasteiger partial charge in [-0.1, -0.05) is 0 Å². The Morgan fingerprint density at radius 2 is 2.42 bits per heavy atom. The van der Waals surface area contributed by atoms with Gasteiger partial charge in [-0.05, 0) is 25.3 Å². The Morgan fingerprint density at radius 1 is 1.58 bits per heavy atom. The molecule has 1 heterocycles. The SMILES string of the molecule is Cc1ncncc1CCCC=O. The molecule has 0 aromatic carbocycles. The predicted molar refractivity (Wildman–Crippen MR) is 45.8 cm³/mol. The minimum Gasteiger partial charge on any atom is -0.303 e. The number of aromatic nitrogens is 2. The van der Waals surface area contributed by atoms with E-state index in [0.29, 0.717) is 6.42 Å². The summed E-state index contributed by atoms with van der Waals surface area (Å²) in [5.74, 6) is 0. The van der Waals surface area contributed by atoms with Crippen molar-refractivity contribution in [3.05, 3.63) is 23.8 Å². The summed E-state index contributed by atoms with van der Waals surface area (Å²) < 4.78 is 0. The molecule has 0 aliphatic heterocycles. The topological polar surface area (TPSA) is 42.9 Å². The number of rotatable bonds is 4. The maximum absolute atomic E-state index is 10.0. The summed E-state index contributed by atoms with van der Waals surface area (Å²) >= 11 is 0. The Balaban J connectivity index is 2.51. The van der Waals surface area contributed by atoms with Crippen LogP contribution in [-0.4, -0.2) is 16.3 Å². The van der Waals surface area contributed by atoms with Crippen molar-refractivity contribution in [2.45, 2.75) is 26.2 Å². The third-order valence-electron chi connectivity index (χ3n) is 1.78. The standard InChI is InChI=1S/C9H12N2O/c1-8-9(4-2-3-5-12)6-10-7-11-8/h5-7H,2-4H2,1H3. The lowest BCUT2D eigenvalue weighted by molar-refractivity contribution is -0.107. The van der Waals surface area contributed by atoms with Gasteiger partial charge in [-0.25, -0.2) is 9.97 Å². The molecule has 0 amide bonds. The molecule has 0 atom stereocenters. The number of carbonyl (C=O) groups excluding carboxylic acids is 1. The van der Waals surface area contributed by atoms with Crippen molar-refractivity contribution in [2.24, 2.45) is 0 Å². The third kappa shape index (κ3) is 2.42. The summed E-state index contributed by atoms with van der Waals surface area (Å²) in [5, 5.41) is 0. The maximum Gasteiger partial charge on any atom is 0.120 e. The molecule has 1 aromatic rings. The lowest BCUT2D eigenvalue weighted by Gasteiger charge is -2.00. The number of aryl methyl sites for hydroxylation is 2. The fourth-order valence-electron chi connectivity index (χ4n) is 1.04. The van der Waals surface area contributed by atoms with Gasteiger partial charge in [0.05, 0.1) is 0 Å². The summed E-state index contributed by atoms with van der Waals surface area (Å²) in [7, 11) is 0. The first kappa shape index (κ1) is 8.84. The molecular weight excluding hydrogens is 152 g/mol. The van der Waals surface area contributed by atoms with E-state index < -0.39 is 0 Å². The predicted octanol–water partition coefficient (Wildman–Crippen LogP) is 1.31. The molecule has 0 saturated heterocycles. The molecule has 0 spiro atoms. The van der Waals surface area contributed by atoms with Crippen LogP contribution in [0.4, 0.5) is 0 Å². The molecule has 0 bridgehead atoms. The van der Waals surface area contributed by atoms with Crippen LogP contribution in [0.5, 0.6) is 0 Å². The number of aldehydes is 1. The highest BCUT2D eigenvalue weighted by atomic mass is 16.1. The van der Waals surface area contributed by atoms with E-state index in [1.54, 1.807) is 6.33 Å². The summed E-state index contributed by atoms with van der Waals surface area (Å²) in [6.45, 7) is 1.96. The fraction of sp³-hybridized carbons (Fsp3) is 0.444. The van der Waals surface area contributed by atoms with E-state index in [4.69, 9.17) is 0 Å². The highest BCUT2D eigenvalue weighted by molar-refractivity contribution is 5.49. The average Bonchev–Trinajstić information content (AvgIpc) is 2.09. The van der Waals surface area contributed by atoms with Gasteiger partial charge in [0.15, 0.2) is 0 Å². The first-order valence-corrected chi connectivity index (χ1v) is 4.03. The average molecular weight is 164 g/mol. The molecule has 0 saturated carbocycles. The van der Waals surface area contributed by atoms with Gasteiger partial charge in [-0.2, -0.15) is 0 Å². The van der Waals surface area contributed by atoms with Crippen molar-refractivity contribution in [3.63, 3.8) is 0 Å². The number of unbranched alkanes of at least 4 members (excludes halogenated alkanes) is 1. The minimum absolute atomic E-state index is 0.619. The van der Waals surface area contributed by atoms with E-state index in [1.165, 1.54) is 0 Å². The first-order chi connectivity index (χ1) is 5.84. The Bertz CT molecular complexity index is 260. The van der Waals surface area contributed by atoms with Crippen molar-refractivity contribution in [1.82, 2.24) is 9.97 Å². The van der Waals surface area contributed by atoms with Gasteiger partial charge in [0.25, 0.3) is 0 Å². The molecule has 3 nitrogen and oxygen atoms in total. The smallest absolute Gasteiger partial charge is 0.120 e. The molecule has 64 valence electrons. The van der Waals surface area contributed by atoms with Gasteiger partial charge in [0.2, 0.25) is 0 Å². The highest BCUT2D eigenvalue weighted by Gasteiger charge is 1.97. The van der Waals surface area contributed by atoms with E-state index >= 15 is 0 Å². The Kier molecular flexibility index (Phi) is 3.38. The van der Waals surface area contributed by atoms with E-state index in [9.17, 15) is 4.79 Å². The summed E-state index contributed by atoms with van der Waals surface area (Å²) in [6, 6.07) is 0. The molecule has 0 N–H and O–H groups in total. The van der Waals surface area contributed by atoms with E-state index in [1.807, 2.05) is 13.1 Å². The lowest BCUT2D eigenvalue weighted by Crippen LogP contribution is -1.94. The summed E-state index contributed by atoms with van der Waals surface area (Å²) in [5.41, 5.74) is 2.15.